The average molecular weight is 335 g/mol. The Bertz CT molecular complexity index is 630. The second kappa shape index (κ2) is 7.91. The zero-order valence-corrected chi connectivity index (χ0v) is 14.7. The van der Waals surface area contributed by atoms with Crippen LogP contribution in [0, 0.1) is 11.3 Å². The van der Waals surface area contributed by atoms with E-state index < -0.39 is 9.84 Å². The van der Waals surface area contributed by atoms with Gasteiger partial charge in [0.25, 0.3) is 0 Å². The molecule has 0 saturated carbocycles. The van der Waals surface area contributed by atoms with Crippen molar-refractivity contribution < 1.29 is 8.42 Å². The van der Waals surface area contributed by atoms with Crippen molar-refractivity contribution in [2.75, 3.05) is 38.5 Å². The first-order valence-corrected chi connectivity index (χ1v) is 9.78. The highest BCUT2D eigenvalue weighted by Gasteiger charge is 2.26. The topological polar surface area (TPSA) is 64.4 Å². The first kappa shape index (κ1) is 17.9. The van der Waals surface area contributed by atoms with Crippen LogP contribution in [0.25, 0.3) is 0 Å². The molecule has 1 fully saturated rings. The molecule has 1 aliphatic heterocycles. The number of benzene rings is 1. The fourth-order valence-corrected chi connectivity index (χ4v) is 3.72. The largest absolute Gasteiger partial charge is 0.300 e. The molecule has 2 rings (SSSR count). The molecule has 0 bridgehead atoms. The van der Waals surface area contributed by atoms with E-state index in [1.54, 1.807) is 13.8 Å². The average Bonchev–Trinajstić information content (AvgIpc) is 2.56. The summed E-state index contributed by atoms with van der Waals surface area (Å²) in [6, 6.07) is 12.0. The van der Waals surface area contributed by atoms with Gasteiger partial charge in [-0.2, -0.15) is 5.26 Å². The van der Waals surface area contributed by atoms with Crippen molar-refractivity contribution in [2.24, 2.45) is 0 Å². The summed E-state index contributed by atoms with van der Waals surface area (Å²) in [5.74, 6) is 0.213. The number of hydrogen-bond donors (Lipinski definition) is 0. The van der Waals surface area contributed by atoms with Crippen LogP contribution in [0.15, 0.2) is 30.3 Å². The van der Waals surface area contributed by atoms with Gasteiger partial charge in [-0.25, -0.2) is 8.42 Å². The quantitative estimate of drug-likeness (QED) is 0.791. The third kappa shape index (κ3) is 4.77. The molecule has 5 nitrogen and oxygen atoms in total. The number of sulfone groups is 1. The Morgan fingerprint density at radius 1 is 1.13 bits per heavy atom. The van der Waals surface area contributed by atoms with Crippen LogP contribution < -0.4 is 0 Å². The van der Waals surface area contributed by atoms with Crippen molar-refractivity contribution >= 4 is 9.84 Å². The number of nitriles is 1. The molecule has 1 saturated heterocycles. The van der Waals surface area contributed by atoms with E-state index >= 15 is 0 Å². The Morgan fingerprint density at radius 3 is 2.26 bits per heavy atom. The van der Waals surface area contributed by atoms with E-state index in [4.69, 9.17) is 0 Å². The second-order valence-electron chi connectivity index (χ2n) is 6.24. The van der Waals surface area contributed by atoms with E-state index in [0.717, 1.165) is 31.7 Å². The van der Waals surface area contributed by atoms with Crippen molar-refractivity contribution in [3.63, 3.8) is 0 Å². The summed E-state index contributed by atoms with van der Waals surface area (Å²) in [5, 5.41) is 9.17. The van der Waals surface area contributed by atoms with Gasteiger partial charge < -0.3 is 0 Å². The van der Waals surface area contributed by atoms with Crippen LogP contribution in [0.4, 0.5) is 0 Å². The predicted molar refractivity (Wildman–Crippen MR) is 91.7 cm³/mol. The lowest BCUT2D eigenvalue weighted by molar-refractivity contribution is 0.119. The number of hydrogen-bond acceptors (Lipinski definition) is 5. The highest BCUT2D eigenvalue weighted by molar-refractivity contribution is 7.92. The van der Waals surface area contributed by atoms with Crippen LogP contribution in [0.2, 0.25) is 0 Å². The molecule has 126 valence electrons. The molecule has 0 spiro atoms. The molecule has 1 unspecified atom stereocenters. The van der Waals surface area contributed by atoms with Crippen LogP contribution in [0.3, 0.4) is 0 Å². The van der Waals surface area contributed by atoms with Gasteiger partial charge >= 0.3 is 0 Å². The van der Waals surface area contributed by atoms with Gasteiger partial charge in [-0.05, 0) is 19.4 Å². The summed E-state index contributed by atoms with van der Waals surface area (Å²) in [6.07, 6.45) is 0. The van der Waals surface area contributed by atoms with Crippen molar-refractivity contribution in [1.82, 2.24) is 9.80 Å². The molecular weight excluding hydrogens is 310 g/mol. The summed E-state index contributed by atoms with van der Waals surface area (Å²) in [6.45, 7) is 7.22. The third-order valence-electron chi connectivity index (χ3n) is 4.42. The number of nitrogens with zero attached hydrogens (tertiary/aromatic N) is 3. The highest BCUT2D eigenvalue weighted by atomic mass is 32.2. The smallest absolute Gasteiger partial charge is 0.153 e. The van der Waals surface area contributed by atoms with Crippen molar-refractivity contribution in [3.05, 3.63) is 35.9 Å². The lowest BCUT2D eigenvalue weighted by atomic mass is 10.1. The molecule has 0 radical (unpaired) electrons. The molecule has 0 aromatic heterocycles. The summed E-state index contributed by atoms with van der Waals surface area (Å²) in [7, 11) is -2.98. The maximum absolute atomic E-state index is 11.9. The number of piperazine rings is 1. The third-order valence-corrected chi connectivity index (χ3v) is 6.61. The van der Waals surface area contributed by atoms with Crippen LogP contribution >= 0.6 is 0 Å². The van der Waals surface area contributed by atoms with Gasteiger partial charge in [0, 0.05) is 32.7 Å². The molecule has 1 aromatic rings. The van der Waals surface area contributed by atoms with E-state index in [2.05, 4.69) is 15.9 Å². The predicted octanol–water partition coefficient (Wildman–Crippen LogP) is 1.69. The fourth-order valence-electron chi connectivity index (χ4n) is 2.74. The highest BCUT2D eigenvalue weighted by Crippen LogP contribution is 2.21. The molecule has 0 amide bonds. The van der Waals surface area contributed by atoms with Crippen LogP contribution in [-0.2, 0) is 9.84 Å². The van der Waals surface area contributed by atoms with E-state index in [1.807, 2.05) is 30.3 Å². The van der Waals surface area contributed by atoms with Gasteiger partial charge in [-0.3, -0.25) is 9.80 Å². The molecule has 1 aromatic carbocycles. The van der Waals surface area contributed by atoms with Crippen molar-refractivity contribution in [1.29, 1.82) is 5.26 Å². The van der Waals surface area contributed by atoms with Crippen LogP contribution in [-0.4, -0.2) is 61.9 Å². The SMILES string of the molecule is CC(C)S(=O)(=O)CCN1CCN(C(C#N)c2ccccc2)CC1. The lowest BCUT2D eigenvalue weighted by Crippen LogP contribution is -2.48. The molecule has 23 heavy (non-hydrogen) atoms. The second-order valence-corrected chi connectivity index (χ2v) is 8.91. The summed E-state index contributed by atoms with van der Waals surface area (Å²) in [4.78, 5) is 4.35. The standard InChI is InChI=1S/C17H25N3O2S/c1-15(2)23(21,22)13-12-19-8-10-20(11-9-19)17(14-18)16-6-4-3-5-7-16/h3-7,15,17H,8-13H2,1-2H3. The first-order chi connectivity index (χ1) is 10.9. The van der Waals surface area contributed by atoms with Gasteiger partial charge in [0.1, 0.15) is 6.04 Å². The first-order valence-electron chi connectivity index (χ1n) is 8.06. The Balaban J connectivity index is 1.87. The van der Waals surface area contributed by atoms with Gasteiger partial charge in [-0.15, -0.1) is 0 Å². The molecule has 1 atom stereocenters. The molecule has 0 N–H and O–H groups in total. The normalized spacial score (nSPS) is 18.7. The molecular formula is C17H25N3O2S. The van der Waals surface area contributed by atoms with Crippen LogP contribution in [0.5, 0.6) is 0 Å². The van der Waals surface area contributed by atoms with E-state index in [9.17, 15) is 13.7 Å². The van der Waals surface area contributed by atoms with E-state index in [0.29, 0.717) is 6.54 Å². The maximum Gasteiger partial charge on any atom is 0.153 e. The summed E-state index contributed by atoms with van der Waals surface area (Å²) in [5.41, 5.74) is 1.02. The van der Waals surface area contributed by atoms with Gasteiger partial charge in [0.15, 0.2) is 9.84 Å². The Labute approximate surface area is 139 Å². The minimum Gasteiger partial charge on any atom is -0.300 e. The van der Waals surface area contributed by atoms with Gasteiger partial charge in [0.05, 0.1) is 17.1 Å². The fraction of sp³-hybridized carbons (Fsp3) is 0.588. The minimum atomic E-state index is -2.98. The van der Waals surface area contributed by atoms with Crippen molar-refractivity contribution in [3.8, 4) is 6.07 Å². The van der Waals surface area contributed by atoms with Gasteiger partial charge in [0.2, 0.25) is 0 Å². The Hall–Kier alpha value is -1.42. The van der Waals surface area contributed by atoms with E-state index in [-0.39, 0.29) is 17.0 Å². The molecule has 6 heteroatoms. The zero-order chi connectivity index (χ0) is 16.9. The van der Waals surface area contributed by atoms with Crippen LogP contribution in [0.1, 0.15) is 25.5 Å². The van der Waals surface area contributed by atoms with E-state index in [1.165, 1.54) is 0 Å². The maximum atomic E-state index is 11.9. The van der Waals surface area contributed by atoms with Crippen molar-refractivity contribution in [2.45, 2.75) is 25.1 Å². The minimum absolute atomic E-state index is 0.213. The molecule has 1 heterocycles. The molecule has 1 aliphatic rings. The summed E-state index contributed by atoms with van der Waals surface area (Å²) < 4.78 is 23.8. The summed E-state index contributed by atoms with van der Waals surface area (Å²) >= 11 is 0. The van der Waals surface area contributed by atoms with Gasteiger partial charge in [-0.1, -0.05) is 30.3 Å². The molecule has 0 aliphatic carbocycles. The number of rotatable bonds is 6. The Morgan fingerprint density at radius 2 is 1.74 bits per heavy atom. The monoisotopic (exact) mass is 335 g/mol. The zero-order valence-electron chi connectivity index (χ0n) is 13.9. The Kier molecular flexibility index (Phi) is 6.17. The lowest BCUT2D eigenvalue weighted by Gasteiger charge is -2.37.